The van der Waals surface area contributed by atoms with Gasteiger partial charge in [-0.05, 0) is 13.3 Å². The zero-order valence-electron chi connectivity index (χ0n) is 14.4. The highest BCUT2D eigenvalue weighted by atomic mass is 32.2. The maximum atomic E-state index is 12.3. The second-order valence-electron chi connectivity index (χ2n) is 6.82. The van der Waals surface area contributed by atoms with Crippen LogP contribution in [-0.4, -0.2) is 69.9 Å². The van der Waals surface area contributed by atoms with Crippen LogP contribution in [0.1, 0.15) is 20.3 Å². The summed E-state index contributed by atoms with van der Waals surface area (Å²) in [5.41, 5.74) is 0.0350. The average Bonchev–Trinajstić information content (AvgIpc) is 3.10. The van der Waals surface area contributed by atoms with Crippen LogP contribution in [0.5, 0.6) is 0 Å². The molecule has 2 saturated heterocycles. The molecule has 3 heterocycles. The Kier molecular flexibility index (Phi) is 4.82. The second-order valence-corrected chi connectivity index (χ2v) is 8.16. The molecular formula is C16H23N3O5S. The Morgan fingerprint density at radius 2 is 2.12 bits per heavy atom. The molecule has 8 nitrogen and oxygen atoms in total. The Hall–Kier alpha value is -1.58. The third kappa shape index (κ3) is 2.84. The number of carboxylic acid groups (broad SMARTS) is 1. The maximum absolute atomic E-state index is 12.3. The zero-order valence-corrected chi connectivity index (χ0v) is 15.2. The van der Waals surface area contributed by atoms with E-state index in [4.69, 9.17) is 0 Å². The molecule has 0 unspecified atom stereocenters. The molecule has 0 radical (unpaired) electrons. The molecule has 4 N–H and O–H groups in total. The molecule has 138 valence electrons. The van der Waals surface area contributed by atoms with Crippen LogP contribution in [0.25, 0.3) is 0 Å². The molecule has 25 heavy (non-hydrogen) atoms. The van der Waals surface area contributed by atoms with Crippen molar-refractivity contribution in [3.8, 4) is 0 Å². The lowest BCUT2D eigenvalue weighted by Gasteiger charge is -2.46. The lowest BCUT2D eigenvalue weighted by atomic mass is 9.79. The van der Waals surface area contributed by atoms with E-state index in [2.05, 4.69) is 10.6 Å². The van der Waals surface area contributed by atoms with Crippen molar-refractivity contribution in [3.05, 3.63) is 10.6 Å². The molecule has 0 spiro atoms. The van der Waals surface area contributed by atoms with Gasteiger partial charge in [0.25, 0.3) is 0 Å². The van der Waals surface area contributed by atoms with Crippen molar-refractivity contribution in [2.75, 3.05) is 13.6 Å². The number of hydrogen-bond acceptors (Lipinski definition) is 6. The number of hydrogen-bond donors (Lipinski definition) is 4. The molecule has 0 aliphatic carbocycles. The quantitative estimate of drug-likeness (QED) is 0.476. The predicted octanol–water partition coefficient (Wildman–Crippen LogP) is -0.650. The number of carbonyl (C=O) groups excluding carboxylic acids is 2. The summed E-state index contributed by atoms with van der Waals surface area (Å²) >= 11 is 1.44. The average molecular weight is 369 g/mol. The summed E-state index contributed by atoms with van der Waals surface area (Å²) in [6, 6.07) is -0.581. The molecule has 0 aromatic rings. The summed E-state index contributed by atoms with van der Waals surface area (Å²) < 4.78 is 0. The fourth-order valence-corrected chi connectivity index (χ4v) is 5.50. The van der Waals surface area contributed by atoms with Gasteiger partial charge in [0.2, 0.25) is 11.8 Å². The molecule has 0 aromatic heterocycles. The van der Waals surface area contributed by atoms with Crippen LogP contribution in [0.3, 0.4) is 0 Å². The highest BCUT2D eigenvalue weighted by molar-refractivity contribution is 8.03. The van der Waals surface area contributed by atoms with Gasteiger partial charge in [0.1, 0.15) is 5.70 Å². The number of aliphatic carboxylic acids is 1. The topological polar surface area (TPSA) is 119 Å². The normalized spacial score (nSPS) is 35.4. The van der Waals surface area contributed by atoms with Gasteiger partial charge >= 0.3 is 5.97 Å². The molecule has 2 amide bonds. The molecule has 0 aromatic carbocycles. The number of fused-ring (bicyclic) bond motifs is 1. The van der Waals surface area contributed by atoms with Crippen LogP contribution < -0.4 is 10.6 Å². The lowest BCUT2D eigenvalue weighted by molar-refractivity contribution is -0.163. The maximum Gasteiger partial charge on any atom is 0.353 e. The van der Waals surface area contributed by atoms with Crippen LogP contribution in [0, 0.1) is 11.8 Å². The number of carbonyl (C=O) groups is 3. The summed E-state index contributed by atoms with van der Waals surface area (Å²) in [7, 11) is 1.58. The number of amides is 2. The first kappa shape index (κ1) is 18.2. The SMILES string of the molecule is CNC(=O)[C@@H]1C[C@H](SC2=C(C(=O)O)N3C(=O)[C@H]([C@@H](C)O)[C@H]3[C@H]2C)CN1. The minimum Gasteiger partial charge on any atom is -0.477 e. The summed E-state index contributed by atoms with van der Waals surface area (Å²) in [5.74, 6) is -2.23. The number of β-lactam (4-membered cyclic amide) rings is 1. The number of aliphatic hydroxyl groups excluding tert-OH is 1. The summed E-state index contributed by atoms with van der Waals surface area (Å²) in [6.07, 6.45) is -0.201. The molecule has 3 aliphatic rings. The molecule has 6 atom stereocenters. The summed E-state index contributed by atoms with van der Waals surface area (Å²) in [4.78, 5) is 37.8. The molecule has 3 aliphatic heterocycles. The van der Waals surface area contributed by atoms with Gasteiger partial charge in [-0.25, -0.2) is 4.79 Å². The number of nitrogens with zero attached hydrogens (tertiary/aromatic N) is 1. The zero-order chi connectivity index (χ0) is 18.5. The van der Waals surface area contributed by atoms with Crippen molar-refractivity contribution in [1.29, 1.82) is 0 Å². The Balaban J connectivity index is 1.80. The van der Waals surface area contributed by atoms with Crippen molar-refractivity contribution in [2.45, 2.75) is 43.7 Å². The molecular weight excluding hydrogens is 346 g/mol. The van der Waals surface area contributed by atoms with Crippen molar-refractivity contribution in [2.24, 2.45) is 11.8 Å². The van der Waals surface area contributed by atoms with Crippen LogP contribution in [0.4, 0.5) is 0 Å². The number of likely N-dealkylation sites (N-methyl/N-ethyl adjacent to an activating group) is 1. The van der Waals surface area contributed by atoms with Gasteiger partial charge in [-0.1, -0.05) is 6.92 Å². The van der Waals surface area contributed by atoms with E-state index in [1.54, 1.807) is 14.0 Å². The first-order valence-corrected chi connectivity index (χ1v) is 9.26. The van der Waals surface area contributed by atoms with Gasteiger partial charge in [-0.15, -0.1) is 11.8 Å². The van der Waals surface area contributed by atoms with Crippen molar-refractivity contribution >= 4 is 29.5 Å². The lowest BCUT2D eigenvalue weighted by Crippen LogP contribution is -2.63. The van der Waals surface area contributed by atoms with Crippen molar-refractivity contribution in [3.63, 3.8) is 0 Å². The third-order valence-corrected chi connectivity index (χ3v) is 6.77. The Morgan fingerprint density at radius 3 is 2.68 bits per heavy atom. The standard InChI is InChI=1S/C16H23N3O5S/c1-6-11-10(7(2)20)15(22)19(11)12(16(23)24)13(6)25-8-4-9(18-5-8)14(21)17-3/h6-11,18,20H,4-5H2,1-3H3,(H,17,21)(H,23,24)/t6-,7-,8+,9+,10-,11-/m1/s1. The minimum absolute atomic E-state index is 0.0350. The van der Waals surface area contributed by atoms with Crippen LogP contribution in [0.2, 0.25) is 0 Å². The number of aliphatic hydroxyl groups is 1. The largest absolute Gasteiger partial charge is 0.477 e. The van der Waals surface area contributed by atoms with E-state index in [0.717, 1.165) is 0 Å². The molecule has 2 fully saturated rings. The Morgan fingerprint density at radius 1 is 1.44 bits per heavy atom. The number of thioether (sulfide) groups is 1. The predicted molar refractivity (Wildman–Crippen MR) is 91.5 cm³/mol. The van der Waals surface area contributed by atoms with Gasteiger partial charge in [-0.2, -0.15) is 0 Å². The van der Waals surface area contributed by atoms with E-state index in [1.165, 1.54) is 16.7 Å². The highest BCUT2D eigenvalue weighted by Gasteiger charge is 2.60. The molecule has 9 heteroatoms. The first-order chi connectivity index (χ1) is 11.8. The van der Waals surface area contributed by atoms with Gasteiger partial charge in [0, 0.05) is 29.7 Å². The van der Waals surface area contributed by atoms with Gasteiger partial charge < -0.3 is 25.7 Å². The van der Waals surface area contributed by atoms with E-state index >= 15 is 0 Å². The fourth-order valence-electron chi connectivity index (χ4n) is 4.03. The minimum atomic E-state index is -1.12. The van der Waals surface area contributed by atoms with Crippen LogP contribution >= 0.6 is 11.8 Å². The van der Waals surface area contributed by atoms with E-state index in [0.29, 0.717) is 17.9 Å². The van der Waals surface area contributed by atoms with Gasteiger partial charge in [0.05, 0.1) is 24.1 Å². The van der Waals surface area contributed by atoms with Gasteiger partial charge in [0.15, 0.2) is 0 Å². The number of carboxylic acids is 1. The Labute approximate surface area is 150 Å². The van der Waals surface area contributed by atoms with E-state index in [9.17, 15) is 24.6 Å². The summed E-state index contributed by atoms with van der Waals surface area (Å²) in [6.45, 7) is 4.06. The van der Waals surface area contributed by atoms with Crippen LogP contribution in [0.15, 0.2) is 10.6 Å². The van der Waals surface area contributed by atoms with Crippen molar-refractivity contribution in [1.82, 2.24) is 15.5 Å². The highest BCUT2D eigenvalue weighted by Crippen LogP contribution is 2.51. The van der Waals surface area contributed by atoms with Gasteiger partial charge in [-0.3, -0.25) is 9.59 Å². The number of nitrogens with one attached hydrogen (secondary N) is 2. The smallest absolute Gasteiger partial charge is 0.353 e. The number of rotatable bonds is 5. The first-order valence-electron chi connectivity index (χ1n) is 8.38. The molecule has 0 saturated carbocycles. The monoisotopic (exact) mass is 369 g/mol. The van der Waals surface area contributed by atoms with E-state index < -0.39 is 18.0 Å². The molecule has 3 rings (SSSR count). The molecule has 0 bridgehead atoms. The van der Waals surface area contributed by atoms with E-state index in [1.807, 2.05) is 6.92 Å². The van der Waals surface area contributed by atoms with Crippen molar-refractivity contribution < 1.29 is 24.6 Å². The van der Waals surface area contributed by atoms with E-state index in [-0.39, 0.29) is 40.8 Å². The third-order valence-electron chi connectivity index (χ3n) is 5.26. The fraction of sp³-hybridized carbons (Fsp3) is 0.688. The Bertz CT molecular complexity index is 650. The van der Waals surface area contributed by atoms with Crippen LogP contribution in [-0.2, 0) is 14.4 Å². The summed E-state index contributed by atoms with van der Waals surface area (Å²) in [5, 5.41) is 25.3. The second kappa shape index (κ2) is 6.62.